The summed E-state index contributed by atoms with van der Waals surface area (Å²) in [6.45, 7) is 3.46. The van der Waals surface area contributed by atoms with Gasteiger partial charge in [-0.3, -0.25) is 0 Å². The van der Waals surface area contributed by atoms with Crippen LogP contribution in [0.15, 0.2) is 48.5 Å². The molecule has 2 aromatic carbocycles. The van der Waals surface area contributed by atoms with Crippen molar-refractivity contribution >= 4 is 11.9 Å². The number of carboxylic acids is 1. The van der Waals surface area contributed by atoms with Gasteiger partial charge in [-0.15, -0.1) is 0 Å². The summed E-state index contributed by atoms with van der Waals surface area (Å²) in [5.41, 5.74) is 0.0232. The van der Waals surface area contributed by atoms with E-state index in [1.807, 2.05) is 0 Å². The number of carbonyl (C=O) groups excluding carboxylic acids is 1. The highest BCUT2D eigenvalue weighted by Crippen LogP contribution is 2.22. The van der Waals surface area contributed by atoms with Gasteiger partial charge in [0.15, 0.2) is 0 Å². The van der Waals surface area contributed by atoms with Crippen molar-refractivity contribution in [2.24, 2.45) is 0 Å². The molecule has 0 radical (unpaired) electrons. The van der Waals surface area contributed by atoms with E-state index in [-0.39, 0.29) is 23.3 Å². The third kappa shape index (κ3) is 5.17. The first-order valence-corrected chi connectivity index (χ1v) is 7.30. The van der Waals surface area contributed by atoms with Crippen molar-refractivity contribution in [3.63, 3.8) is 0 Å². The lowest BCUT2D eigenvalue weighted by atomic mass is 10.1. The fourth-order valence-corrected chi connectivity index (χ4v) is 1.94. The van der Waals surface area contributed by atoms with E-state index in [0.29, 0.717) is 0 Å². The molecule has 6 heteroatoms. The van der Waals surface area contributed by atoms with Crippen molar-refractivity contribution in [1.29, 1.82) is 0 Å². The Hall–Kier alpha value is -2.73. The monoisotopic (exact) mass is 334 g/mol. The number of carboxylic acid groups (broad SMARTS) is 1. The quantitative estimate of drug-likeness (QED) is 0.837. The number of esters is 1. The van der Waals surface area contributed by atoms with Crippen molar-refractivity contribution in [2.45, 2.75) is 20.0 Å². The SMILES string of the molecule is CC(OC(=O)c1ccccc1C(=O)O)c1ccccc1F.CCO. The Balaban J connectivity index is 0.000000891. The van der Waals surface area contributed by atoms with E-state index < -0.39 is 23.9 Å². The molecule has 0 saturated heterocycles. The highest BCUT2D eigenvalue weighted by molar-refractivity contribution is 6.02. The van der Waals surface area contributed by atoms with E-state index in [4.69, 9.17) is 14.9 Å². The molecule has 0 heterocycles. The minimum Gasteiger partial charge on any atom is -0.478 e. The number of aliphatic hydroxyl groups is 1. The molecule has 5 nitrogen and oxygen atoms in total. The van der Waals surface area contributed by atoms with Crippen molar-refractivity contribution < 1.29 is 28.9 Å². The standard InChI is InChI=1S/C16H13FO4.C2H6O/c1-10(11-6-4-5-9-14(11)17)21-16(20)13-8-3-2-7-12(13)15(18)19;1-2-3/h2-10H,1H3,(H,18,19);3H,2H2,1H3. The zero-order valence-electron chi connectivity index (χ0n) is 13.4. The molecule has 0 fully saturated rings. The molecule has 1 unspecified atom stereocenters. The van der Waals surface area contributed by atoms with Crippen LogP contribution >= 0.6 is 0 Å². The van der Waals surface area contributed by atoms with E-state index in [1.165, 1.54) is 49.4 Å². The molecule has 0 aromatic heterocycles. The fourth-order valence-electron chi connectivity index (χ4n) is 1.94. The summed E-state index contributed by atoms with van der Waals surface area (Å²) >= 11 is 0. The largest absolute Gasteiger partial charge is 0.478 e. The fraction of sp³-hybridized carbons (Fsp3) is 0.222. The normalized spacial score (nSPS) is 11.0. The van der Waals surface area contributed by atoms with Gasteiger partial charge < -0.3 is 14.9 Å². The van der Waals surface area contributed by atoms with Crippen molar-refractivity contribution in [1.82, 2.24) is 0 Å². The predicted octanol–water partition coefficient (Wildman–Crippen LogP) is 3.44. The van der Waals surface area contributed by atoms with E-state index in [0.717, 1.165) is 0 Å². The molecule has 0 bridgehead atoms. The number of rotatable bonds is 4. The number of halogens is 1. The number of hydrogen-bond donors (Lipinski definition) is 2. The number of hydrogen-bond acceptors (Lipinski definition) is 4. The summed E-state index contributed by atoms with van der Waals surface area (Å²) in [5.74, 6) is -2.51. The highest BCUT2D eigenvalue weighted by Gasteiger charge is 2.21. The van der Waals surface area contributed by atoms with Crippen molar-refractivity contribution in [2.75, 3.05) is 6.61 Å². The van der Waals surface area contributed by atoms with Crippen LogP contribution in [0.1, 0.15) is 46.2 Å². The molecule has 2 rings (SSSR count). The summed E-state index contributed by atoms with van der Waals surface area (Å²) in [7, 11) is 0. The maximum Gasteiger partial charge on any atom is 0.339 e. The van der Waals surface area contributed by atoms with Gasteiger partial charge in [0.25, 0.3) is 0 Å². The molecule has 2 aromatic rings. The lowest BCUT2D eigenvalue weighted by Crippen LogP contribution is -2.14. The molecule has 2 N–H and O–H groups in total. The van der Waals surface area contributed by atoms with Gasteiger partial charge in [-0.1, -0.05) is 30.3 Å². The molecule has 0 aliphatic carbocycles. The highest BCUT2D eigenvalue weighted by atomic mass is 19.1. The average molecular weight is 334 g/mol. The smallest absolute Gasteiger partial charge is 0.339 e. The first kappa shape index (κ1) is 19.3. The second-order valence-electron chi connectivity index (χ2n) is 4.74. The van der Waals surface area contributed by atoms with Crippen LogP contribution in [-0.2, 0) is 4.74 Å². The molecule has 0 spiro atoms. The summed E-state index contributed by atoms with van der Waals surface area (Å²) in [5, 5.41) is 16.6. The Morgan fingerprint density at radius 2 is 1.58 bits per heavy atom. The van der Waals surface area contributed by atoms with Gasteiger partial charge in [0.1, 0.15) is 11.9 Å². The maximum atomic E-state index is 13.6. The molecular weight excluding hydrogens is 315 g/mol. The molecule has 24 heavy (non-hydrogen) atoms. The second-order valence-corrected chi connectivity index (χ2v) is 4.74. The topological polar surface area (TPSA) is 83.8 Å². The number of ether oxygens (including phenoxy) is 1. The van der Waals surface area contributed by atoms with Crippen LogP contribution in [0.5, 0.6) is 0 Å². The summed E-state index contributed by atoms with van der Waals surface area (Å²) in [6.07, 6.45) is -0.819. The van der Waals surface area contributed by atoms with Crippen molar-refractivity contribution in [3.8, 4) is 0 Å². The van der Waals surface area contributed by atoms with Gasteiger partial charge in [0.2, 0.25) is 0 Å². The summed E-state index contributed by atoms with van der Waals surface area (Å²) in [6, 6.07) is 11.7. The minimum absolute atomic E-state index is 0.0619. The lowest BCUT2D eigenvalue weighted by molar-refractivity contribution is 0.0325. The number of aromatic carboxylic acids is 1. The molecule has 0 aliphatic heterocycles. The van der Waals surface area contributed by atoms with Crippen LogP contribution in [0.4, 0.5) is 4.39 Å². The van der Waals surface area contributed by atoms with Crippen LogP contribution in [0, 0.1) is 5.82 Å². The molecular formula is C18H19FO5. The predicted molar refractivity (Wildman–Crippen MR) is 86.4 cm³/mol. The molecule has 1 atom stereocenters. The van der Waals surface area contributed by atoms with Gasteiger partial charge in [-0.05, 0) is 32.0 Å². The van der Waals surface area contributed by atoms with Gasteiger partial charge in [0.05, 0.1) is 11.1 Å². The summed E-state index contributed by atoms with van der Waals surface area (Å²) in [4.78, 5) is 23.1. The first-order chi connectivity index (χ1) is 11.4. The lowest BCUT2D eigenvalue weighted by Gasteiger charge is -2.15. The third-order valence-electron chi connectivity index (χ3n) is 3.00. The Morgan fingerprint density at radius 1 is 1.08 bits per heavy atom. The number of benzene rings is 2. The Labute approximate surface area is 139 Å². The molecule has 128 valence electrons. The second kappa shape index (κ2) is 9.42. The maximum absolute atomic E-state index is 13.6. The first-order valence-electron chi connectivity index (χ1n) is 7.30. The van der Waals surface area contributed by atoms with E-state index in [2.05, 4.69) is 0 Å². The number of carbonyl (C=O) groups is 2. The minimum atomic E-state index is -1.22. The Kier molecular flexibility index (Phi) is 7.58. The van der Waals surface area contributed by atoms with Gasteiger partial charge in [-0.2, -0.15) is 0 Å². The van der Waals surface area contributed by atoms with Crippen LogP contribution in [-0.4, -0.2) is 28.8 Å². The van der Waals surface area contributed by atoms with Gasteiger partial charge >= 0.3 is 11.9 Å². The van der Waals surface area contributed by atoms with Crippen LogP contribution in [0.3, 0.4) is 0 Å². The zero-order chi connectivity index (χ0) is 18.1. The summed E-state index contributed by atoms with van der Waals surface area (Å²) < 4.78 is 18.8. The van der Waals surface area contributed by atoms with Crippen LogP contribution in [0.2, 0.25) is 0 Å². The van der Waals surface area contributed by atoms with Crippen molar-refractivity contribution in [3.05, 3.63) is 71.0 Å². The Bertz CT molecular complexity index is 699. The Morgan fingerprint density at radius 3 is 2.12 bits per heavy atom. The van der Waals surface area contributed by atoms with E-state index in [1.54, 1.807) is 13.0 Å². The average Bonchev–Trinajstić information content (AvgIpc) is 2.55. The molecule has 0 saturated carbocycles. The molecule has 0 amide bonds. The van der Waals surface area contributed by atoms with E-state index in [9.17, 15) is 14.0 Å². The van der Waals surface area contributed by atoms with Gasteiger partial charge in [-0.25, -0.2) is 14.0 Å². The zero-order valence-corrected chi connectivity index (χ0v) is 13.4. The van der Waals surface area contributed by atoms with E-state index >= 15 is 0 Å². The third-order valence-corrected chi connectivity index (χ3v) is 3.00. The van der Waals surface area contributed by atoms with Gasteiger partial charge in [0, 0.05) is 12.2 Å². The van der Waals surface area contributed by atoms with Crippen LogP contribution < -0.4 is 0 Å². The van der Waals surface area contributed by atoms with Crippen LogP contribution in [0.25, 0.3) is 0 Å². The molecule has 0 aliphatic rings. The number of aliphatic hydroxyl groups excluding tert-OH is 1.